The zero-order valence-electron chi connectivity index (χ0n) is 9.25. The zero-order chi connectivity index (χ0) is 14.1. The van der Waals surface area contributed by atoms with E-state index in [1.54, 1.807) is 0 Å². The molecular weight excluding hydrogens is 256 g/mol. The molecule has 18 heavy (non-hydrogen) atoms. The van der Waals surface area contributed by atoms with Crippen molar-refractivity contribution in [1.82, 2.24) is 0 Å². The van der Waals surface area contributed by atoms with Crippen LogP contribution in [0.25, 0.3) is 0 Å². The minimum absolute atomic E-state index is 0.580. The van der Waals surface area contributed by atoms with Crippen molar-refractivity contribution in [2.75, 3.05) is 6.61 Å². The molecule has 100 valence electrons. The summed E-state index contributed by atoms with van der Waals surface area (Å²) in [6.45, 7) is -0.761. The van der Waals surface area contributed by atoms with Crippen LogP contribution in [0.4, 0.5) is 17.6 Å². The predicted molar refractivity (Wildman–Crippen MR) is 53.4 cm³/mol. The standard InChI is InChI=1S/C11H10F4O3/c1-6(17)7-3-2-4-8(9(7)12)10(18,5-16)11(13,14)15/h2-4,16,18H,5H2,1H3. The third kappa shape index (κ3) is 2.23. The number of alkyl halides is 3. The predicted octanol–water partition coefficient (Wildman–Crippen LogP) is 1.77. The number of hydrogen-bond acceptors (Lipinski definition) is 3. The summed E-state index contributed by atoms with van der Waals surface area (Å²) in [5, 5.41) is 18.1. The van der Waals surface area contributed by atoms with Crippen LogP contribution < -0.4 is 0 Å². The highest BCUT2D eigenvalue weighted by molar-refractivity contribution is 5.94. The summed E-state index contributed by atoms with van der Waals surface area (Å²) in [6, 6.07) is 2.67. The van der Waals surface area contributed by atoms with E-state index in [4.69, 9.17) is 5.11 Å². The smallest absolute Gasteiger partial charge is 0.393 e. The molecule has 2 N–H and O–H groups in total. The van der Waals surface area contributed by atoms with Crippen LogP contribution in [0.5, 0.6) is 0 Å². The first-order chi connectivity index (χ1) is 8.15. The van der Waals surface area contributed by atoms with Gasteiger partial charge in [0.1, 0.15) is 5.82 Å². The van der Waals surface area contributed by atoms with Crippen LogP contribution in [0.3, 0.4) is 0 Å². The summed E-state index contributed by atoms with van der Waals surface area (Å²) in [6.07, 6.45) is -5.27. The normalized spacial score (nSPS) is 15.3. The fourth-order valence-corrected chi connectivity index (χ4v) is 1.45. The largest absolute Gasteiger partial charge is 0.423 e. The highest BCUT2D eigenvalue weighted by atomic mass is 19.4. The fraction of sp³-hybridized carbons (Fsp3) is 0.364. The van der Waals surface area contributed by atoms with E-state index in [-0.39, 0.29) is 0 Å². The molecule has 0 aliphatic carbocycles. The lowest BCUT2D eigenvalue weighted by atomic mass is 9.91. The Bertz CT molecular complexity index is 470. The van der Waals surface area contributed by atoms with Crippen LogP contribution in [0.1, 0.15) is 22.8 Å². The van der Waals surface area contributed by atoms with Gasteiger partial charge in [0.25, 0.3) is 0 Å². The fourth-order valence-electron chi connectivity index (χ4n) is 1.45. The van der Waals surface area contributed by atoms with E-state index >= 15 is 0 Å². The maximum atomic E-state index is 13.7. The second kappa shape index (κ2) is 4.66. The summed E-state index contributed by atoms with van der Waals surface area (Å²) >= 11 is 0. The van der Waals surface area contributed by atoms with Gasteiger partial charge in [0, 0.05) is 5.56 Å². The number of benzene rings is 1. The Kier molecular flexibility index (Phi) is 3.78. The van der Waals surface area contributed by atoms with Crippen molar-refractivity contribution in [3.05, 3.63) is 35.1 Å². The number of hydrogen-bond donors (Lipinski definition) is 2. The van der Waals surface area contributed by atoms with Crippen LogP contribution in [0, 0.1) is 5.82 Å². The molecule has 3 nitrogen and oxygen atoms in total. The average molecular weight is 266 g/mol. The first-order valence-electron chi connectivity index (χ1n) is 4.85. The number of carbonyl (C=O) groups excluding carboxylic acids is 1. The molecule has 7 heteroatoms. The highest BCUT2D eigenvalue weighted by Gasteiger charge is 2.56. The van der Waals surface area contributed by atoms with Crippen LogP contribution >= 0.6 is 0 Å². The van der Waals surface area contributed by atoms with Gasteiger partial charge in [0.15, 0.2) is 5.78 Å². The number of carbonyl (C=O) groups is 1. The SMILES string of the molecule is CC(=O)c1cccc(C(O)(CO)C(F)(F)F)c1F. The summed E-state index contributed by atoms with van der Waals surface area (Å²) in [4.78, 5) is 11.0. The molecule has 0 amide bonds. The van der Waals surface area contributed by atoms with Crippen LogP contribution in [-0.2, 0) is 5.60 Å². The van der Waals surface area contributed by atoms with Crippen LogP contribution in [0.2, 0.25) is 0 Å². The minimum Gasteiger partial charge on any atom is -0.393 e. The zero-order valence-corrected chi connectivity index (χ0v) is 9.25. The minimum atomic E-state index is -5.27. The van der Waals surface area contributed by atoms with Crippen molar-refractivity contribution in [3.8, 4) is 0 Å². The molecule has 1 unspecified atom stereocenters. The van der Waals surface area contributed by atoms with Gasteiger partial charge in [0.2, 0.25) is 5.60 Å². The molecule has 0 aliphatic rings. The molecular formula is C11H10F4O3. The van der Waals surface area contributed by atoms with Crippen molar-refractivity contribution < 1.29 is 32.6 Å². The van der Waals surface area contributed by atoms with Crippen molar-refractivity contribution in [2.24, 2.45) is 0 Å². The maximum Gasteiger partial charge on any atom is 0.423 e. The topological polar surface area (TPSA) is 57.5 Å². The molecule has 1 rings (SSSR count). The molecule has 0 bridgehead atoms. The maximum absolute atomic E-state index is 13.7. The van der Waals surface area contributed by atoms with Crippen molar-refractivity contribution >= 4 is 5.78 Å². The first kappa shape index (κ1) is 14.6. The van der Waals surface area contributed by atoms with Gasteiger partial charge >= 0.3 is 6.18 Å². The second-order valence-electron chi connectivity index (χ2n) is 3.74. The quantitative estimate of drug-likeness (QED) is 0.647. The number of aliphatic hydroxyl groups excluding tert-OH is 1. The number of Topliss-reactive ketones (excluding diaryl/α,β-unsaturated/α-hetero) is 1. The lowest BCUT2D eigenvalue weighted by Crippen LogP contribution is -2.46. The molecule has 0 aliphatic heterocycles. The van der Waals surface area contributed by atoms with Crippen molar-refractivity contribution in [3.63, 3.8) is 0 Å². The Balaban J connectivity index is 3.50. The Morgan fingerprint density at radius 2 is 1.89 bits per heavy atom. The Hall–Kier alpha value is -1.47. The van der Waals surface area contributed by atoms with Gasteiger partial charge in [0.05, 0.1) is 12.2 Å². The van der Waals surface area contributed by atoms with Gasteiger partial charge < -0.3 is 10.2 Å². The summed E-state index contributed by atoms with van der Waals surface area (Å²) in [5.41, 5.74) is -5.49. The van der Waals surface area contributed by atoms with Crippen LogP contribution in [-0.4, -0.2) is 28.8 Å². The third-order valence-corrected chi connectivity index (χ3v) is 2.52. The molecule has 0 saturated heterocycles. The summed E-state index contributed by atoms with van der Waals surface area (Å²) in [5.74, 6) is -2.27. The molecule has 1 aromatic carbocycles. The summed E-state index contributed by atoms with van der Waals surface area (Å²) < 4.78 is 51.7. The molecule has 0 heterocycles. The van der Waals surface area contributed by atoms with Gasteiger partial charge in [-0.2, -0.15) is 13.2 Å². The Morgan fingerprint density at radius 3 is 2.28 bits per heavy atom. The van der Waals surface area contributed by atoms with E-state index < -0.39 is 41.1 Å². The molecule has 1 aromatic rings. The van der Waals surface area contributed by atoms with Gasteiger partial charge in [-0.1, -0.05) is 12.1 Å². The van der Waals surface area contributed by atoms with Gasteiger partial charge in [-0.25, -0.2) is 4.39 Å². The van der Waals surface area contributed by atoms with Gasteiger partial charge in [-0.15, -0.1) is 0 Å². The lowest BCUT2D eigenvalue weighted by Gasteiger charge is -2.29. The molecule has 0 radical (unpaired) electrons. The molecule has 0 fully saturated rings. The van der Waals surface area contributed by atoms with E-state index in [9.17, 15) is 27.5 Å². The Labute approximate surface area is 99.7 Å². The molecule has 0 spiro atoms. The van der Waals surface area contributed by atoms with E-state index in [1.165, 1.54) is 0 Å². The number of ketones is 1. The van der Waals surface area contributed by atoms with E-state index in [0.29, 0.717) is 6.07 Å². The van der Waals surface area contributed by atoms with E-state index in [2.05, 4.69) is 0 Å². The van der Waals surface area contributed by atoms with Crippen LogP contribution in [0.15, 0.2) is 18.2 Å². The number of aliphatic hydroxyl groups is 2. The third-order valence-electron chi connectivity index (χ3n) is 2.52. The molecule has 0 saturated carbocycles. The van der Waals surface area contributed by atoms with Crippen molar-refractivity contribution in [1.29, 1.82) is 0 Å². The highest BCUT2D eigenvalue weighted by Crippen LogP contribution is 2.40. The second-order valence-corrected chi connectivity index (χ2v) is 3.74. The average Bonchev–Trinajstić information content (AvgIpc) is 2.26. The van der Waals surface area contributed by atoms with E-state index in [1.807, 2.05) is 0 Å². The number of halogens is 4. The Morgan fingerprint density at radius 1 is 1.33 bits per heavy atom. The molecule has 1 atom stereocenters. The van der Waals surface area contributed by atoms with Gasteiger partial charge in [-0.05, 0) is 13.0 Å². The number of rotatable bonds is 3. The monoisotopic (exact) mass is 266 g/mol. The lowest BCUT2D eigenvalue weighted by molar-refractivity contribution is -0.278. The summed E-state index contributed by atoms with van der Waals surface area (Å²) in [7, 11) is 0. The van der Waals surface area contributed by atoms with E-state index in [0.717, 1.165) is 19.1 Å². The molecule has 0 aromatic heterocycles. The van der Waals surface area contributed by atoms with Gasteiger partial charge in [-0.3, -0.25) is 4.79 Å². The first-order valence-corrected chi connectivity index (χ1v) is 4.85. The van der Waals surface area contributed by atoms with Crippen molar-refractivity contribution in [2.45, 2.75) is 18.7 Å².